The second kappa shape index (κ2) is 5.61. The van der Waals surface area contributed by atoms with E-state index in [1.807, 2.05) is 24.3 Å². The van der Waals surface area contributed by atoms with Crippen molar-refractivity contribution in [2.24, 2.45) is 0 Å². The van der Waals surface area contributed by atoms with Crippen LogP contribution in [0.5, 0.6) is 11.5 Å². The molecule has 2 N–H and O–H groups in total. The molecule has 1 aliphatic heterocycles. The molecule has 0 atom stereocenters. The van der Waals surface area contributed by atoms with E-state index in [9.17, 15) is 4.79 Å². The minimum absolute atomic E-state index is 0.154. The van der Waals surface area contributed by atoms with Gasteiger partial charge in [0.1, 0.15) is 0 Å². The van der Waals surface area contributed by atoms with E-state index in [0.717, 1.165) is 10.0 Å². The van der Waals surface area contributed by atoms with Gasteiger partial charge in [0, 0.05) is 21.8 Å². The fourth-order valence-corrected chi connectivity index (χ4v) is 2.27. The molecule has 0 aromatic heterocycles. The predicted molar refractivity (Wildman–Crippen MR) is 84.5 cm³/mol. The van der Waals surface area contributed by atoms with E-state index in [4.69, 9.17) is 15.2 Å². The quantitative estimate of drug-likeness (QED) is 0.523. The van der Waals surface area contributed by atoms with Crippen molar-refractivity contribution < 1.29 is 14.3 Å². The number of ketones is 1. The Balaban J connectivity index is 1.84. The molecule has 0 saturated heterocycles. The number of nitrogen functional groups attached to an aromatic ring is 1. The molecular formula is C16H12BrNO3. The van der Waals surface area contributed by atoms with Gasteiger partial charge in [0.05, 0.1) is 0 Å². The Morgan fingerprint density at radius 2 is 1.81 bits per heavy atom. The molecule has 21 heavy (non-hydrogen) atoms. The number of hydrogen-bond acceptors (Lipinski definition) is 4. The van der Waals surface area contributed by atoms with E-state index in [0.29, 0.717) is 22.7 Å². The molecule has 1 aliphatic rings. The molecule has 2 aromatic rings. The van der Waals surface area contributed by atoms with Gasteiger partial charge in [0.25, 0.3) is 0 Å². The summed E-state index contributed by atoms with van der Waals surface area (Å²) >= 11 is 3.37. The van der Waals surface area contributed by atoms with E-state index in [-0.39, 0.29) is 12.6 Å². The summed E-state index contributed by atoms with van der Waals surface area (Å²) in [5.41, 5.74) is 7.61. The zero-order valence-corrected chi connectivity index (χ0v) is 12.6. The molecule has 0 amide bonds. The maximum Gasteiger partial charge on any atom is 0.231 e. The summed E-state index contributed by atoms with van der Waals surface area (Å²) < 4.78 is 11.5. The Hall–Kier alpha value is -2.27. The zero-order chi connectivity index (χ0) is 14.8. The van der Waals surface area contributed by atoms with Gasteiger partial charge in [-0.3, -0.25) is 4.79 Å². The van der Waals surface area contributed by atoms with Gasteiger partial charge in [-0.05, 0) is 29.8 Å². The Bertz CT molecular complexity index is 723. The largest absolute Gasteiger partial charge is 0.454 e. The Kier molecular flexibility index (Phi) is 3.66. The van der Waals surface area contributed by atoms with Crippen molar-refractivity contribution in [3.05, 3.63) is 58.1 Å². The van der Waals surface area contributed by atoms with Crippen LogP contribution in [0.3, 0.4) is 0 Å². The minimum atomic E-state index is -0.172. The van der Waals surface area contributed by atoms with Crippen molar-refractivity contribution in [1.82, 2.24) is 0 Å². The molecule has 0 radical (unpaired) electrons. The van der Waals surface area contributed by atoms with Crippen molar-refractivity contribution in [3.63, 3.8) is 0 Å². The third-order valence-corrected chi connectivity index (χ3v) is 3.64. The summed E-state index contributed by atoms with van der Waals surface area (Å²) in [6.07, 6.45) is 3.25. The SMILES string of the molecule is Nc1cc2c(cc1C(=O)/C=C/c1ccc(Br)cc1)OCO2. The molecular weight excluding hydrogens is 334 g/mol. The van der Waals surface area contributed by atoms with Crippen LogP contribution in [0.15, 0.2) is 46.9 Å². The van der Waals surface area contributed by atoms with E-state index in [2.05, 4.69) is 15.9 Å². The Labute approximate surface area is 130 Å². The fourth-order valence-electron chi connectivity index (χ4n) is 2.01. The van der Waals surface area contributed by atoms with E-state index < -0.39 is 0 Å². The van der Waals surface area contributed by atoms with E-state index in [1.165, 1.54) is 6.08 Å². The van der Waals surface area contributed by atoms with Crippen molar-refractivity contribution in [1.29, 1.82) is 0 Å². The molecule has 5 heteroatoms. The van der Waals surface area contributed by atoms with Crippen molar-refractivity contribution in [2.45, 2.75) is 0 Å². The second-order valence-electron chi connectivity index (χ2n) is 4.54. The number of nitrogens with two attached hydrogens (primary N) is 1. The van der Waals surface area contributed by atoms with Crippen LogP contribution in [0.2, 0.25) is 0 Å². The van der Waals surface area contributed by atoms with E-state index in [1.54, 1.807) is 18.2 Å². The number of allylic oxidation sites excluding steroid dienone is 1. The van der Waals surface area contributed by atoms with Crippen LogP contribution in [0.4, 0.5) is 5.69 Å². The van der Waals surface area contributed by atoms with Crippen LogP contribution in [0.1, 0.15) is 15.9 Å². The van der Waals surface area contributed by atoms with Crippen LogP contribution in [-0.4, -0.2) is 12.6 Å². The van der Waals surface area contributed by atoms with Gasteiger partial charge in [-0.15, -0.1) is 0 Å². The van der Waals surface area contributed by atoms with Gasteiger partial charge in [-0.25, -0.2) is 0 Å². The van der Waals surface area contributed by atoms with Gasteiger partial charge < -0.3 is 15.2 Å². The molecule has 0 saturated carbocycles. The zero-order valence-electron chi connectivity index (χ0n) is 11.0. The Morgan fingerprint density at radius 1 is 1.14 bits per heavy atom. The highest BCUT2D eigenvalue weighted by Crippen LogP contribution is 2.36. The molecule has 0 fully saturated rings. The van der Waals surface area contributed by atoms with Crippen LogP contribution >= 0.6 is 15.9 Å². The van der Waals surface area contributed by atoms with Crippen LogP contribution in [0, 0.1) is 0 Å². The number of fused-ring (bicyclic) bond motifs is 1. The van der Waals surface area contributed by atoms with Gasteiger partial charge in [-0.2, -0.15) is 0 Å². The molecule has 4 nitrogen and oxygen atoms in total. The summed E-state index contributed by atoms with van der Waals surface area (Å²) in [7, 11) is 0. The number of carbonyl (C=O) groups is 1. The van der Waals surface area contributed by atoms with Crippen molar-refractivity contribution in [3.8, 4) is 11.5 Å². The molecule has 106 valence electrons. The summed E-state index contributed by atoms with van der Waals surface area (Å²) in [4.78, 5) is 12.2. The lowest BCUT2D eigenvalue weighted by Crippen LogP contribution is -2.00. The first-order chi connectivity index (χ1) is 10.1. The number of anilines is 1. The average Bonchev–Trinajstić information content (AvgIpc) is 2.92. The minimum Gasteiger partial charge on any atom is -0.454 e. The highest BCUT2D eigenvalue weighted by atomic mass is 79.9. The Morgan fingerprint density at radius 3 is 2.52 bits per heavy atom. The summed E-state index contributed by atoms with van der Waals surface area (Å²) in [6.45, 7) is 0.154. The lowest BCUT2D eigenvalue weighted by molar-refractivity contribution is 0.104. The smallest absolute Gasteiger partial charge is 0.231 e. The van der Waals surface area contributed by atoms with Gasteiger partial charge in [0.2, 0.25) is 6.79 Å². The maximum absolute atomic E-state index is 12.2. The second-order valence-corrected chi connectivity index (χ2v) is 5.46. The van der Waals surface area contributed by atoms with Gasteiger partial charge in [-0.1, -0.05) is 34.1 Å². The first-order valence-electron chi connectivity index (χ1n) is 6.30. The molecule has 0 unspecified atom stereocenters. The van der Waals surface area contributed by atoms with Gasteiger partial charge >= 0.3 is 0 Å². The molecule has 0 spiro atoms. The number of hydrogen-bond donors (Lipinski definition) is 1. The maximum atomic E-state index is 12.2. The molecule has 1 heterocycles. The highest BCUT2D eigenvalue weighted by molar-refractivity contribution is 9.10. The normalized spacial score (nSPS) is 12.8. The number of halogens is 1. The number of rotatable bonds is 3. The van der Waals surface area contributed by atoms with Crippen molar-refractivity contribution >= 4 is 33.5 Å². The summed E-state index contributed by atoms with van der Waals surface area (Å²) in [5.74, 6) is 0.944. The van der Waals surface area contributed by atoms with Crippen LogP contribution in [-0.2, 0) is 0 Å². The first-order valence-corrected chi connectivity index (χ1v) is 7.10. The predicted octanol–water partition coefficient (Wildman–Crippen LogP) is 3.66. The topological polar surface area (TPSA) is 61.6 Å². The number of benzene rings is 2. The number of carbonyl (C=O) groups excluding carboxylic acids is 1. The van der Waals surface area contributed by atoms with E-state index >= 15 is 0 Å². The first kappa shape index (κ1) is 13.7. The third kappa shape index (κ3) is 2.92. The summed E-state index contributed by atoms with van der Waals surface area (Å²) in [5, 5.41) is 0. The molecule has 3 rings (SSSR count). The van der Waals surface area contributed by atoms with Crippen LogP contribution in [0.25, 0.3) is 6.08 Å². The molecule has 0 bridgehead atoms. The average molecular weight is 346 g/mol. The lowest BCUT2D eigenvalue weighted by atomic mass is 10.1. The van der Waals surface area contributed by atoms with Crippen molar-refractivity contribution in [2.75, 3.05) is 12.5 Å². The lowest BCUT2D eigenvalue weighted by Gasteiger charge is -2.04. The highest BCUT2D eigenvalue weighted by Gasteiger charge is 2.18. The standard InChI is InChI=1S/C16H12BrNO3/c17-11-4-1-10(2-5-11)3-6-14(19)12-7-15-16(8-13(12)18)21-9-20-15/h1-8H,9,18H2/b6-3+. The monoisotopic (exact) mass is 345 g/mol. The number of ether oxygens (including phenoxy) is 2. The third-order valence-electron chi connectivity index (χ3n) is 3.11. The van der Waals surface area contributed by atoms with Crippen LogP contribution < -0.4 is 15.2 Å². The summed E-state index contributed by atoms with van der Waals surface area (Å²) in [6, 6.07) is 10.9. The molecule has 0 aliphatic carbocycles. The molecule has 2 aromatic carbocycles. The fraction of sp³-hybridized carbons (Fsp3) is 0.0625. The van der Waals surface area contributed by atoms with Gasteiger partial charge in [0.15, 0.2) is 17.3 Å².